The van der Waals surface area contributed by atoms with Crippen LogP contribution in [0.3, 0.4) is 0 Å². The van der Waals surface area contributed by atoms with Gasteiger partial charge in [0.25, 0.3) is 0 Å². The first-order valence-electron chi connectivity index (χ1n) is 7.27. The maximum Gasteiger partial charge on any atom is 0.412 e. The van der Waals surface area contributed by atoms with Crippen LogP contribution >= 0.6 is 0 Å². The van der Waals surface area contributed by atoms with Crippen LogP contribution in [-0.4, -0.2) is 44.5 Å². The number of methoxy groups -OCH3 is 1. The quantitative estimate of drug-likeness (QED) is 0.753. The molecule has 0 saturated heterocycles. The van der Waals surface area contributed by atoms with Crippen LogP contribution in [0, 0.1) is 0 Å². The topological polar surface area (TPSA) is 85.9 Å². The van der Waals surface area contributed by atoms with Gasteiger partial charge in [-0.2, -0.15) is 0 Å². The summed E-state index contributed by atoms with van der Waals surface area (Å²) in [6.45, 7) is 6.14. The van der Waals surface area contributed by atoms with E-state index in [0.29, 0.717) is 24.6 Å². The summed E-state index contributed by atoms with van der Waals surface area (Å²) >= 11 is 0. The number of anilines is 2. The number of carbonyl (C=O) groups excluding carboxylic acids is 2. The number of amides is 2. The standard InChI is InChI=1S/C16H24N2O5/c1-16(2,3)23-15(20)18-13-7-5-12(6-8-13)17-14(19)11-22-10-9-21-4/h5-8H,9-11H2,1-4H3,(H,17,19)(H,18,20). The fourth-order valence-electron chi connectivity index (χ4n) is 1.56. The second-order valence-electron chi connectivity index (χ2n) is 5.80. The molecule has 0 aliphatic heterocycles. The maximum atomic E-state index is 11.6. The molecule has 0 aliphatic rings. The van der Waals surface area contributed by atoms with E-state index in [1.54, 1.807) is 52.1 Å². The summed E-state index contributed by atoms with van der Waals surface area (Å²) in [4.78, 5) is 23.3. The molecule has 0 aliphatic carbocycles. The highest BCUT2D eigenvalue weighted by Crippen LogP contribution is 2.15. The van der Waals surface area contributed by atoms with Crippen molar-refractivity contribution in [3.63, 3.8) is 0 Å². The molecule has 0 bridgehead atoms. The number of hydrogen-bond donors (Lipinski definition) is 2. The lowest BCUT2D eigenvalue weighted by molar-refractivity contribution is -0.121. The Hall–Kier alpha value is -2.12. The smallest absolute Gasteiger partial charge is 0.412 e. The van der Waals surface area contributed by atoms with E-state index in [4.69, 9.17) is 14.2 Å². The third-order valence-electron chi connectivity index (χ3n) is 2.48. The highest BCUT2D eigenvalue weighted by atomic mass is 16.6. The van der Waals surface area contributed by atoms with E-state index in [2.05, 4.69) is 10.6 Å². The van der Waals surface area contributed by atoms with Gasteiger partial charge in [-0.05, 0) is 45.0 Å². The summed E-state index contributed by atoms with van der Waals surface area (Å²) in [7, 11) is 1.57. The van der Waals surface area contributed by atoms with Gasteiger partial charge in [0, 0.05) is 18.5 Å². The molecule has 0 spiro atoms. The molecule has 0 radical (unpaired) electrons. The lowest BCUT2D eigenvalue weighted by atomic mass is 10.2. The highest BCUT2D eigenvalue weighted by Gasteiger charge is 2.16. The van der Waals surface area contributed by atoms with Crippen molar-refractivity contribution in [1.82, 2.24) is 0 Å². The van der Waals surface area contributed by atoms with Gasteiger partial charge >= 0.3 is 6.09 Å². The molecule has 0 fully saturated rings. The molecular weight excluding hydrogens is 300 g/mol. The van der Waals surface area contributed by atoms with Crippen molar-refractivity contribution in [2.45, 2.75) is 26.4 Å². The first-order chi connectivity index (χ1) is 10.8. The lowest BCUT2D eigenvalue weighted by Gasteiger charge is -2.19. The predicted molar refractivity (Wildman–Crippen MR) is 87.6 cm³/mol. The SMILES string of the molecule is COCCOCC(=O)Nc1ccc(NC(=O)OC(C)(C)C)cc1. The number of ether oxygens (including phenoxy) is 3. The summed E-state index contributed by atoms with van der Waals surface area (Å²) in [5, 5.41) is 5.30. The number of rotatable bonds is 7. The molecule has 1 rings (SSSR count). The van der Waals surface area contributed by atoms with Crippen LogP contribution in [-0.2, 0) is 19.0 Å². The van der Waals surface area contributed by atoms with Gasteiger partial charge in [-0.15, -0.1) is 0 Å². The summed E-state index contributed by atoms with van der Waals surface area (Å²) in [5.41, 5.74) is 0.634. The minimum absolute atomic E-state index is 0.0404. The van der Waals surface area contributed by atoms with E-state index in [9.17, 15) is 9.59 Å². The molecule has 128 valence electrons. The molecule has 0 unspecified atom stereocenters. The maximum absolute atomic E-state index is 11.6. The molecule has 0 saturated carbocycles. The molecule has 7 nitrogen and oxygen atoms in total. The van der Waals surface area contributed by atoms with Crippen LogP contribution in [0.2, 0.25) is 0 Å². The second-order valence-corrected chi connectivity index (χ2v) is 5.80. The molecule has 0 aromatic heterocycles. The van der Waals surface area contributed by atoms with Crippen molar-refractivity contribution < 1.29 is 23.8 Å². The van der Waals surface area contributed by atoms with Gasteiger partial charge < -0.3 is 19.5 Å². The van der Waals surface area contributed by atoms with E-state index in [1.165, 1.54) is 0 Å². The van der Waals surface area contributed by atoms with Gasteiger partial charge in [0.1, 0.15) is 12.2 Å². The lowest BCUT2D eigenvalue weighted by Crippen LogP contribution is -2.27. The van der Waals surface area contributed by atoms with Gasteiger partial charge in [0.05, 0.1) is 13.2 Å². The summed E-state index contributed by atoms with van der Waals surface area (Å²) in [5.74, 6) is -0.256. The number of benzene rings is 1. The van der Waals surface area contributed by atoms with E-state index in [0.717, 1.165) is 0 Å². The third-order valence-corrected chi connectivity index (χ3v) is 2.48. The minimum Gasteiger partial charge on any atom is -0.444 e. The Morgan fingerprint density at radius 1 is 1.00 bits per heavy atom. The van der Waals surface area contributed by atoms with Crippen LogP contribution in [0.15, 0.2) is 24.3 Å². The van der Waals surface area contributed by atoms with Gasteiger partial charge in [-0.25, -0.2) is 4.79 Å². The highest BCUT2D eigenvalue weighted by molar-refractivity contribution is 5.92. The zero-order valence-electron chi connectivity index (χ0n) is 14.0. The average molecular weight is 324 g/mol. The summed E-state index contributed by atoms with van der Waals surface area (Å²) in [6.07, 6.45) is -0.527. The van der Waals surface area contributed by atoms with Crippen molar-refractivity contribution >= 4 is 23.4 Å². The molecule has 0 atom stereocenters. The Morgan fingerprint density at radius 3 is 2.09 bits per heavy atom. The van der Waals surface area contributed by atoms with Crippen molar-refractivity contribution in [1.29, 1.82) is 0 Å². The molecular formula is C16H24N2O5. The van der Waals surface area contributed by atoms with Crippen LogP contribution < -0.4 is 10.6 Å². The predicted octanol–water partition coefficient (Wildman–Crippen LogP) is 2.64. The van der Waals surface area contributed by atoms with E-state index in [-0.39, 0.29) is 12.5 Å². The zero-order chi connectivity index (χ0) is 17.3. The van der Waals surface area contributed by atoms with Crippen molar-refractivity contribution in [3.05, 3.63) is 24.3 Å². The Morgan fingerprint density at radius 2 is 1.57 bits per heavy atom. The van der Waals surface area contributed by atoms with Crippen molar-refractivity contribution in [2.24, 2.45) is 0 Å². The Kier molecular flexibility index (Phi) is 7.50. The van der Waals surface area contributed by atoms with Crippen molar-refractivity contribution in [3.8, 4) is 0 Å². The molecule has 2 N–H and O–H groups in total. The van der Waals surface area contributed by atoms with E-state index < -0.39 is 11.7 Å². The summed E-state index contributed by atoms with van der Waals surface area (Å²) < 4.78 is 15.1. The van der Waals surface area contributed by atoms with Gasteiger partial charge in [0.15, 0.2) is 0 Å². The third kappa shape index (κ3) is 8.80. The average Bonchev–Trinajstić information content (AvgIpc) is 2.44. The van der Waals surface area contributed by atoms with Gasteiger partial charge in [-0.1, -0.05) is 0 Å². The minimum atomic E-state index is -0.555. The monoisotopic (exact) mass is 324 g/mol. The Labute approximate surface area is 136 Å². The Balaban J connectivity index is 2.41. The molecule has 0 heterocycles. The fourth-order valence-corrected chi connectivity index (χ4v) is 1.56. The fraction of sp³-hybridized carbons (Fsp3) is 0.500. The normalized spacial score (nSPS) is 11.0. The van der Waals surface area contributed by atoms with Crippen LogP contribution in [0.1, 0.15) is 20.8 Å². The van der Waals surface area contributed by atoms with E-state index in [1.807, 2.05) is 0 Å². The van der Waals surface area contributed by atoms with E-state index >= 15 is 0 Å². The summed E-state index contributed by atoms with van der Waals surface area (Å²) in [6, 6.07) is 6.70. The molecule has 2 amide bonds. The number of nitrogens with one attached hydrogen (secondary N) is 2. The Bertz CT molecular complexity index is 508. The largest absolute Gasteiger partial charge is 0.444 e. The van der Waals surface area contributed by atoms with Crippen LogP contribution in [0.4, 0.5) is 16.2 Å². The van der Waals surface area contributed by atoms with Crippen LogP contribution in [0.5, 0.6) is 0 Å². The molecule has 23 heavy (non-hydrogen) atoms. The first kappa shape index (κ1) is 18.9. The van der Waals surface area contributed by atoms with Gasteiger partial charge in [-0.3, -0.25) is 10.1 Å². The number of hydrogen-bond acceptors (Lipinski definition) is 5. The van der Waals surface area contributed by atoms with Gasteiger partial charge in [0.2, 0.25) is 5.91 Å². The first-order valence-corrected chi connectivity index (χ1v) is 7.27. The molecule has 7 heteroatoms. The van der Waals surface area contributed by atoms with Crippen molar-refractivity contribution in [2.75, 3.05) is 37.6 Å². The molecule has 1 aromatic rings. The number of carbonyl (C=O) groups is 2. The molecule has 1 aromatic carbocycles. The zero-order valence-corrected chi connectivity index (χ0v) is 14.0. The second kappa shape index (κ2) is 9.12. The van der Waals surface area contributed by atoms with Crippen LogP contribution in [0.25, 0.3) is 0 Å².